The van der Waals surface area contributed by atoms with Gasteiger partial charge in [-0.2, -0.15) is 0 Å². The molecule has 0 saturated carbocycles. The summed E-state index contributed by atoms with van der Waals surface area (Å²) >= 11 is 0. The van der Waals surface area contributed by atoms with Crippen molar-refractivity contribution in [2.45, 2.75) is 64.1 Å². The van der Waals surface area contributed by atoms with Crippen LogP contribution in [0.3, 0.4) is 0 Å². The average molecular weight is 642 g/mol. The van der Waals surface area contributed by atoms with Gasteiger partial charge in [-0.1, -0.05) is 90.0 Å². The number of ether oxygens (including phenoxy) is 1. The minimum absolute atomic E-state index is 0.0354. The summed E-state index contributed by atoms with van der Waals surface area (Å²) in [7, 11) is -2.79. The molecule has 1 N–H and O–H groups in total. The molecule has 1 atom stereocenters. The monoisotopic (exact) mass is 641 g/mol. The lowest BCUT2D eigenvalue weighted by Gasteiger charge is -2.35. The molecule has 0 aliphatic heterocycles. The normalized spacial score (nSPS) is 12.2. The third kappa shape index (κ3) is 8.75. The van der Waals surface area contributed by atoms with Crippen LogP contribution in [0.25, 0.3) is 0 Å². The van der Waals surface area contributed by atoms with Gasteiger partial charge in [0.15, 0.2) is 0 Å². The van der Waals surface area contributed by atoms with Crippen molar-refractivity contribution in [1.82, 2.24) is 10.2 Å². The molecule has 0 fully saturated rings. The summed E-state index contributed by atoms with van der Waals surface area (Å²) in [6, 6.07) is 29.4. The standard InChI is InChI=1S/C37H43N3O5S/c1-27-16-20-30(21-17-27)25-39(33(36(42)38-37(3,4)5)24-29-12-8-7-9-13-29)35(41)26-40(32-14-10-11-15-34(32)45-6)46(43,44)31-22-18-28(2)19-23-31/h7-23,33H,24-26H2,1-6H3,(H,38,42)/t33-/m0/s1. The number of hydrogen-bond donors (Lipinski definition) is 1. The Labute approximate surface area is 273 Å². The zero-order valence-electron chi connectivity index (χ0n) is 27.4. The lowest BCUT2D eigenvalue weighted by Crippen LogP contribution is -2.56. The Morgan fingerprint density at radius 2 is 1.35 bits per heavy atom. The van der Waals surface area contributed by atoms with Crippen molar-refractivity contribution in [2.75, 3.05) is 18.0 Å². The summed E-state index contributed by atoms with van der Waals surface area (Å²) < 4.78 is 35.2. The summed E-state index contributed by atoms with van der Waals surface area (Å²) in [5.41, 5.74) is 3.28. The SMILES string of the molecule is COc1ccccc1N(CC(=O)N(Cc1ccc(C)cc1)[C@@H](Cc1ccccc1)C(=O)NC(C)(C)C)S(=O)(=O)c1ccc(C)cc1. The van der Waals surface area contributed by atoms with Gasteiger partial charge < -0.3 is 15.0 Å². The quantitative estimate of drug-likeness (QED) is 0.203. The van der Waals surface area contributed by atoms with Gasteiger partial charge in [-0.05, 0) is 70.0 Å². The fourth-order valence-electron chi connectivity index (χ4n) is 5.08. The van der Waals surface area contributed by atoms with Gasteiger partial charge in [-0.15, -0.1) is 0 Å². The van der Waals surface area contributed by atoms with E-state index >= 15 is 0 Å². The Kier molecular flexibility index (Phi) is 10.9. The zero-order chi connectivity index (χ0) is 33.5. The molecular weight excluding hydrogens is 598 g/mol. The number of carbonyl (C=O) groups excluding carboxylic acids is 2. The van der Waals surface area contributed by atoms with Gasteiger partial charge in [0.25, 0.3) is 10.0 Å². The molecule has 0 aliphatic carbocycles. The Morgan fingerprint density at radius 1 is 0.783 bits per heavy atom. The molecule has 4 rings (SSSR count). The van der Waals surface area contributed by atoms with Gasteiger partial charge in [-0.25, -0.2) is 8.42 Å². The second kappa shape index (κ2) is 14.6. The molecule has 0 aromatic heterocycles. The zero-order valence-corrected chi connectivity index (χ0v) is 28.2. The predicted molar refractivity (Wildman–Crippen MR) is 182 cm³/mol. The first-order valence-corrected chi connectivity index (χ1v) is 16.7. The van der Waals surface area contributed by atoms with Crippen molar-refractivity contribution in [2.24, 2.45) is 0 Å². The fraction of sp³-hybridized carbons (Fsp3) is 0.297. The minimum atomic E-state index is -4.24. The van der Waals surface area contributed by atoms with Crippen LogP contribution in [-0.2, 0) is 32.6 Å². The number of benzene rings is 4. The van der Waals surface area contributed by atoms with E-state index < -0.39 is 34.1 Å². The van der Waals surface area contributed by atoms with E-state index in [1.54, 1.807) is 36.4 Å². The molecule has 46 heavy (non-hydrogen) atoms. The van der Waals surface area contributed by atoms with E-state index in [9.17, 15) is 18.0 Å². The Hall–Kier alpha value is -4.63. The topological polar surface area (TPSA) is 96.0 Å². The number of carbonyl (C=O) groups is 2. The van der Waals surface area contributed by atoms with E-state index in [4.69, 9.17) is 4.74 Å². The van der Waals surface area contributed by atoms with Crippen LogP contribution in [0.1, 0.15) is 43.0 Å². The summed E-state index contributed by atoms with van der Waals surface area (Å²) in [6.45, 7) is 9.03. The number of methoxy groups -OCH3 is 1. The molecule has 242 valence electrons. The molecule has 0 radical (unpaired) electrons. The Morgan fingerprint density at radius 3 is 1.93 bits per heavy atom. The van der Waals surface area contributed by atoms with Crippen LogP contribution in [0.15, 0.2) is 108 Å². The van der Waals surface area contributed by atoms with Crippen molar-refractivity contribution < 1.29 is 22.7 Å². The number of anilines is 1. The molecule has 4 aromatic carbocycles. The second-order valence-corrected chi connectivity index (χ2v) is 14.3. The highest BCUT2D eigenvalue weighted by molar-refractivity contribution is 7.92. The third-order valence-electron chi connectivity index (χ3n) is 7.48. The molecule has 2 amide bonds. The van der Waals surface area contributed by atoms with Gasteiger partial charge in [0.05, 0.1) is 17.7 Å². The van der Waals surface area contributed by atoms with Gasteiger partial charge in [0.2, 0.25) is 11.8 Å². The number of aryl methyl sites for hydroxylation is 2. The van der Waals surface area contributed by atoms with E-state index in [-0.39, 0.29) is 29.5 Å². The molecule has 9 heteroatoms. The van der Waals surface area contributed by atoms with Crippen LogP contribution < -0.4 is 14.4 Å². The van der Waals surface area contributed by atoms with Crippen molar-refractivity contribution in [1.29, 1.82) is 0 Å². The van der Waals surface area contributed by atoms with Crippen molar-refractivity contribution >= 4 is 27.5 Å². The molecule has 0 aliphatic rings. The van der Waals surface area contributed by atoms with Gasteiger partial charge >= 0.3 is 0 Å². The molecule has 4 aromatic rings. The van der Waals surface area contributed by atoms with E-state index in [1.165, 1.54) is 24.1 Å². The van der Waals surface area contributed by atoms with Crippen LogP contribution in [0.2, 0.25) is 0 Å². The highest BCUT2D eigenvalue weighted by Gasteiger charge is 2.36. The summed E-state index contributed by atoms with van der Waals surface area (Å²) in [6.07, 6.45) is 0.236. The molecule has 0 bridgehead atoms. The second-order valence-electron chi connectivity index (χ2n) is 12.4. The van der Waals surface area contributed by atoms with Crippen LogP contribution in [0.4, 0.5) is 5.69 Å². The highest BCUT2D eigenvalue weighted by Crippen LogP contribution is 2.33. The number of nitrogens with zero attached hydrogens (tertiary/aromatic N) is 2. The largest absolute Gasteiger partial charge is 0.495 e. The highest BCUT2D eigenvalue weighted by atomic mass is 32.2. The number of nitrogens with one attached hydrogen (secondary N) is 1. The Balaban J connectivity index is 1.84. The fourth-order valence-corrected chi connectivity index (χ4v) is 6.51. The summed E-state index contributed by atoms with van der Waals surface area (Å²) in [5.74, 6) is -0.573. The van der Waals surface area contributed by atoms with Crippen LogP contribution in [0.5, 0.6) is 5.75 Å². The summed E-state index contributed by atoms with van der Waals surface area (Å²) in [4.78, 5) is 30.2. The number of sulfonamides is 1. The van der Waals surface area contributed by atoms with Crippen molar-refractivity contribution in [3.05, 3.63) is 125 Å². The Bertz CT molecular complexity index is 1730. The maximum absolute atomic E-state index is 14.6. The smallest absolute Gasteiger partial charge is 0.264 e. The van der Waals surface area contributed by atoms with Crippen LogP contribution in [-0.4, -0.2) is 50.4 Å². The average Bonchev–Trinajstić information content (AvgIpc) is 3.02. The lowest BCUT2D eigenvalue weighted by atomic mass is 10.0. The van der Waals surface area contributed by atoms with E-state index in [0.29, 0.717) is 5.75 Å². The molecule has 8 nitrogen and oxygen atoms in total. The first-order chi connectivity index (χ1) is 21.8. The van der Waals surface area contributed by atoms with Crippen LogP contribution in [0, 0.1) is 13.8 Å². The van der Waals surface area contributed by atoms with E-state index in [1.807, 2.05) is 89.2 Å². The van der Waals surface area contributed by atoms with Crippen molar-refractivity contribution in [3.63, 3.8) is 0 Å². The molecular formula is C37H43N3O5S. The minimum Gasteiger partial charge on any atom is -0.495 e. The van der Waals surface area contributed by atoms with E-state index in [2.05, 4.69) is 5.32 Å². The maximum Gasteiger partial charge on any atom is 0.264 e. The number of hydrogen-bond acceptors (Lipinski definition) is 5. The van der Waals surface area contributed by atoms with Crippen LogP contribution >= 0.6 is 0 Å². The first-order valence-electron chi connectivity index (χ1n) is 15.2. The molecule has 0 heterocycles. The molecule has 0 saturated heterocycles. The maximum atomic E-state index is 14.6. The summed E-state index contributed by atoms with van der Waals surface area (Å²) in [5, 5.41) is 3.05. The van der Waals surface area contributed by atoms with Crippen molar-refractivity contribution in [3.8, 4) is 5.75 Å². The molecule has 0 unspecified atom stereocenters. The third-order valence-corrected chi connectivity index (χ3v) is 9.26. The van der Waals surface area contributed by atoms with Gasteiger partial charge in [0.1, 0.15) is 18.3 Å². The number of para-hydroxylation sites is 2. The van der Waals surface area contributed by atoms with Gasteiger partial charge in [0, 0.05) is 18.5 Å². The number of rotatable bonds is 12. The van der Waals surface area contributed by atoms with Gasteiger partial charge in [-0.3, -0.25) is 13.9 Å². The predicted octanol–water partition coefficient (Wildman–Crippen LogP) is 6.06. The molecule has 0 spiro atoms. The first kappa shape index (κ1) is 34.2. The lowest BCUT2D eigenvalue weighted by molar-refractivity contribution is -0.140. The van der Waals surface area contributed by atoms with E-state index in [0.717, 1.165) is 26.6 Å². The number of amides is 2.